The number of nitrogens with zero attached hydrogens (tertiary/aromatic N) is 3. The number of aromatic nitrogens is 1. The summed E-state index contributed by atoms with van der Waals surface area (Å²) in [6.45, 7) is 3.90. The molecule has 1 amide bonds. The lowest BCUT2D eigenvalue weighted by molar-refractivity contribution is -0.118. The number of halogens is 1. The number of nitrogens with one attached hydrogen (secondary N) is 1. The molecule has 7 heteroatoms. The minimum Gasteiger partial charge on any atom is -0.484 e. The van der Waals surface area contributed by atoms with Crippen LogP contribution in [-0.2, 0) is 4.79 Å². The summed E-state index contributed by atoms with van der Waals surface area (Å²) < 4.78 is 5.42. The first-order valence-corrected chi connectivity index (χ1v) is 8.56. The minimum absolute atomic E-state index is 0.0828. The Kier molecular flexibility index (Phi) is 5.73. The average Bonchev–Trinajstić information content (AvgIpc) is 2.62. The number of hydrogen-bond acceptors (Lipinski definition) is 5. The molecule has 0 radical (unpaired) electrons. The molecule has 6 nitrogen and oxygen atoms in total. The van der Waals surface area contributed by atoms with E-state index in [4.69, 9.17) is 16.3 Å². The van der Waals surface area contributed by atoms with Crippen LogP contribution >= 0.6 is 11.6 Å². The van der Waals surface area contributed by atoms with Crippen molar-refractivity contribution >= 4 is 29.0 Å². The second kappa shape index (κ2) is 8.18. The standard InChI is InChI=1S/C18H21ClN4O2/c1-22-7-9-23(10-8-22)17-6-5-15(12-20-17)21-18(24)13-25-16-4-2-3-14(19)11-16/h2-6,11-12H,7-10,13H2,1H3,(H,21,24). The van der Waals surface area contributed by atoms with Crippen LogP contribution in [0.4, 0.5) is 11.5 Å². The van der Waals surface area contributed by atoms with E-state index in [0.29, 0.717) is 16.5 Å². The fourth-order valence-corrected chi connectivity index (χ4v) is 2.77. The van der Waals surface area contributed by atoms with E-state index in [1.165, 1.54) is 0 Å². The van der Waals surface area contributed by atoms with Crippen molar-refractivity contribution in [3.63, 3.8) is 0 Å². The monoisotopic (exact) mass is 360 g/mol. The Bertz CT molecular complexity index is 715. The number of hydrogen-bond donors (Lipinski definition) is 1. The van der Waals surface area contributed by atoms with Gasteiger partial charge in [-0.3, -0.25) is 4.79 Å². The van der Waals surface area contributed by atoms with E-state index in [9.17, 15) is 4.79 Å². The third kappa shape index (κ3) is 5.08. The van der Waals surface area contributed by atoms with Crippen LogP contribution in [0, 0.1) is 0 Å². The number of anilines is 2. The van der Waals surface area contributed by atoms with Crippen molar-refractivity contribution in [2.75, 3.05) is 50.1 Å². The van der Waals surface area contributed by atoms with E-state index < -0.39 is 0 Å². The van der Waals surface area contributed by atoms with Crippen molar-refractivity contribution in [3.05, 3.63) is 47.6 Å². The Balaban J connectivity index is 1.50. The molecule has 0 spiro atoms. The normalized spacial score (nSPS) is 15.0. The van der Waals surface area contributed by atoms with Crippen LogP contribution in [0.25, 0.3) is 0 Å². The summed E-state index contributed by atoms with van der Waals surface area (Å²) in [7, 11) is 2.12. The molecule has 0 saturated carbocycles. The zero-order valence-electron chi connectivity index (χ0n) is 14.1. The maximum absolute atomic E-state index is 12.0. The molecule has 0 unspecified atom stereocenters. The molecule has 1 aromatic carbocycles. The van der Waals surface area contributed by atoms with E-state index in [2.05, 4.69) is 27.1 Å². The Hall–Kier alpha value is -2.31. The van der Waals surface area contributed by atoms with Crippen molar-refractivity contribution in [1.29, 1.82) is 0 Å². The highest BCUT2D eigenvalue weighted by Gasteiger charge is 2.15. The zero-order valence-corrected chi connectivity index (χ0v) is 14.9. The van der Waals surface area contributed by atoms with E-state index in [0.717, 1.165) is 32.0 Å². The van der Waals surface area contributed by atoms with E-state index in [1.807, 2.05) is 12.1 Å². The Morgan fingerprint density at radius 2 is 2.04 bits per heavy atom. The number of carbonyl (C=O) groups is 1. The zero-order chi connectivity index (χ0) is 17.6. The van der Waals surface area contributed by atoms with Gasteiger partial charge in [0.25, 0.3) is 5.91 Å². The fraction of sp³-hybridized carbons (Fsp3) is 0.333. The van der Waals surface area contributed by atoms with Crippen molar-refractivity contribution in [2.24, 2.45) is 0 Å². The number of piperazine rings is 1. The molecule has 1 fully saturated rings. The summed E-state index contributed by atoms with van der Waals surface area (Å²) >= 11 is 5.88. The van der Waals surface area contributed by atoms with Crippen molar-refractivity contribution < 1.29 is 9.53 Å². The van der Waals surface area contributed by atoms with Gasteiger partial charge in [0.2, 0.25) is 0 Å². The van der Waals surface area contributed by atoms with E-state index in [-0.39, 0.29) is 12.5 Å². The first-order valence-electron chi connectivity index (χ1n) is 8.18. The Morgan fingerprint density at radius 3 is 2.72 bits per heavy atom. The highest BCUT2D eigenvalue weighted by molar-refractivity contribution is 6.30. The molecule has 2 heterocycles. The van der Waals surface area contributed by atoms with Crippen LogP contribution in [0.1, 0.15) is 0 Å². The van der Waals surface area contributed by atoms with Crippen LogP contribution in [-0.4, -0.2) is 55.6 Å². The van der Waals surface area contributed by atoms with Gasteiger partial charge in [-0.2, -0.15) is 0 Å². The third-order valence-electron chi connectivity index (χ3n) is 4.02. The molecule has 0 bridgehead atoms. The fourth-order valence-electron chi connectivity index (χ4n) is 2.59. The van der Waals surface area contributed by atoms with Gasteiger partial charge in [-0.05, 0) is 37.4 Å². The molecule has 3 rings (SSSR count). The second-order valence-electron chi connectivity index (χ2n) is 5.99. The molecular formula is C18H21ClN4O2. The highest BCUT2D eigenvalue weighted by Crippen LogP contribution is 2.18. The average molecular weight is 361 g/mol. The van der Waals surface area contributed by atoms with Crippen LogP contribution in [0.2, 0.25) is 5.02 Å². The molecule has 1 N–H and O–H groups in total. The molecule has 1 saturated heterocycles. The molecule has 1 aliphatic rings. The van der Waals surface area contributed by atoms with Gasteiger partial charge in [-0.1, -0.05) is 17.7 Å². The number of ether oxygens (including phenoxy) is 1. The summed E-state index contributed by atoms with van der Waals surface area (Å²) in [5.74, 6) is 1.25. The largest absolute Gasteiger partial charge is 0.484 e. The maximum atomic E-state index is 12.0. The van der Waals surface area contributed by atoms with Crippen LogP contribution in [0.15, 0.2) is 42.6 Å². The van der Waals surface area contributed by atoms with Gasteiger partial charge in [-0.25, -0.2) is 4.98 Å². The lowest BCUT2D eigenvalue weighted by Gasteiger charge is -2.33. The van der Waals surface area contributed by atoms with Crippen molar-refractivity contribution in [3.8, 4) is 5.75 Å². The number of amides is 1. The van der Waals surface area contributed by atoms with Crippen molar-refractivity contribution in [2.45, 2.75) is 0 Å². The molecule has 2 aromatic rings. The summed E-state index contributed by atoms with van der Waals surface area (Å²) in [4.78, 5) is 21.0. The van der Waals surface area contributed by atoms with Gasteiger partial charge in [-0.15, -0.1) is 0 Å². The summed E-state index contributed by atoms with van der Waals surface area (Å²) in [6, 6.07) is 10.7. The van der Waals surface area contributed by atoms with Crippen LogP contribution in [0.5, 0.6) is 5.75 Å². The molecule has 1 aliphatic heterocycles. The highest BCUT2D eigenvalue weighted by atomic mass is 35.5. The van der Waals surface area contributed by atoms with Crippen LogP contribution in [0.3, 0.4) is 0 Å². The number of benzene rings is 1. The molecule has 0 aliphatic carbocycles. The van der Waals surface area contributed by atoms with Gasteiger partial charge < -0.3 is 19.9 Å². The molecule has 1 aromatic heterocycles. The lowest BCUT2D eigenvalue weighted by atomic mass is 10.3. The molecular weight excluding hydrogens is 340 g/mol. The summed E-state index contributed by atoms with van der Waals surface area (Å²) in [5, 5.41) is 3.35. The maximum Gasteiger partial charge on any atom is 0.262 e. The van der Waals surface area contributed by atoms with Crippen molar-refractivity contribution in [1.82, 2.24) is 9.88 Å². The lowest BCUT2D eigenvalue weighted by Crippen LogP contribution is -2.44. The number of likely N-dealkylation sites (N-methyl/N-ethyl adjacent to an activating group) is 1. The third-order valence-corrected chi connectivity index (χ3v) is 4.26. The first kappa shape index (κ1) is 17.5. The molecule has 25 heavy (non-hydrogen) atoms. The first-order chi connectivity index (χ1) is 12.1. The SMILES string of the molecule is CN1CCN(c2ccc(NC(=O)COc3cccc(Cl)c3)cn2)CC1. The van der Waals surface area contributed by atoms with E-state index >= 15 is 0 Å². The number of rotatable bonds is 5. The topological polar surface area (TPSA) is 57.7 Å². The van der Waals surface area contributed by atoms with Gasteiger partial charge in [0.05, 0.1) is 11.9 Å². The number of carbonyl (C=O) groups excluding carboxylic acids is 1. The Labute approximate surface area is 152 Å². The number of pyridine rings is 1. The summed E-state index contributed by atoms with van der Waals surface area (Å²) in [6.07, 6.45) is 1.67. The van der Waals surface area contributed by atoms with Gasteiger partial charge >= 0.3 is 0 Å². The molecule has 132 valence electrons. The van der Waals surface area contributed by atoms with E-state index in [1.54, 1.807) is 30.5 Å². The van der Waals surface area contributed by atoms with Gasteiger partial charge in [0, 0.05) is 31.2 Å². The Morgan fingerprint density at radius 1 is 1.24 bits per heavy atom. The van der Waals surface area contributed by atoms with Crippen LogP contribution < -0.4 is 15.0 Å². The minimum atomic E-state index is -0.242. The van der Waals surface area contributed by atoms with Gasteiger partial charge in [0.15, 0.2) is 6.61 Å². The predicted octanol–water partition coefficient (Wildman–Crippen LogP) is 2.50. The second-order valence-corrected chi connectivity index (χ2v) is 6.43. The predicted molar refractivity (Wildman–Crippen MR) is 99.5 cm³/mol. The summed E-state index contributed by atoms with van der Waals surface area (Å²) in [5.41, 5.74) is 0.651. The quantitative estimate of drug-likeness (QED) is 0.887. The smallest absolute Gasteiger partial charge is 0.262 e. The molecule has 0 atom stereocenters. The van der Waals surface area contributed by atoms with Gasteiger partial charge in [0.1, 0.15) is 11.6 Å².